The lowest BCUT2D eigenvalue weighted by Gasteiger charge is -2.34. The first-order valence-electron chi connectivity index (χ1n) is 11.3. The molecule has 2 aliphatic rings. The van der Waals surface area contributed by atoms with E-state index in [4.69, 9.17) is 9.72 Å². The summed E-state index contributed by atoms with van der Waals surface area (Å²) in [5, 5.41) is 23.9. The molecule has 0 spiro atoms. The maximum absolute atomic E-state index is 13.1. The Morgan fingerprint density at radius 3 is 2.91 bits per heavy atom. The van der Waals surface area contributed by atoms with Crippen LogP contribution in [-0.4, -0.2) is 56.7 Å². The minimum Gasteiger partial charge on any atom is -0.391 e. The molecule has 10 nitrogen and oxygen atoms in total. The number of aliphatic hydroxyl groups excluding tert-OH is 1. The second-order valence-electron chi connectivity index (χ2n) is 8.57. The summed E-state index contributed by atoms with van der Waals surface area (Å²) in [5.74, 6) is 1.22. The molecule has 5 rings (SSSR count). The third-order valence-electron chi connectivity index (χ3n) is 6.42. The lowest BCUT2D eigenvalue weighted by Crippen LogP contribution is -2.46. The number of fused-ring (bicyclic) bond motifs is 1. The van der Waals surface area contributed by atoms with Gasteiger partial charge < -0.3 is 30.4 Å². The number of ether oxygens (including phenoxy) is 1. The van der Waals surface area contributed by atoms with Crippen LogP contribution < -0.4 is 21.5 Å². The molecule has 0 unspecified atom stereocenters. The SMILES string of the molecule is C=C(N[C@H]1CC[C@H]1O)c1cnn2c(NC)cc(Nc3cccn([C@H]4CCCOC4)c3=O)nc12. The summed E-state index contributed by atoms with van der Waals surface area (Å²) < 4.78 is 8.98. The van der Waals surface area contributed by atoms with Gasteiger partial charge in [-0.05, 0) is 37.8 Å². The molecule has 0 aromatic carbocycles. The smallest absolute Gasteiger partial charge is 0.274 e. The summed E-state index contributed by atoms with van der Waals surface area (Å²) in [6.45, 7) is 5.42. The number of nitrogens with one attached hydrogen (secondary N) is 3. The highest BCUT2D eigenvalue weighted by Crippen LogP contribution is 2.27. The molecular formula is C23H29N7O3. The van der Waals surface area contributed by atoms with Gasteiger partial charge in [0, 0.05) is 31.6 Å². The fourth-order valence-corrected chi connectivity index (χ4v) is 4.34. The zero-order valence-electron chi connectivity index (χ0n) is 18.6. The van der Waals surface area contributed by atoms with E-state index in [9.17, 15) is 9.90 Å². The molecule has 1 saturated heterocycles. The first-order chi connectivity index (χ1) is 16.0. The van der Waals surface area contributed by atoms with Crippen molar-refractivity contribution in [1.82, 2.24) is 24.5 Å². The first-order valence-corrected chi connectivity index (χ1v) is 11.3. The number of pyridine rings is 1. The van der Waals surface area contributed by atoms with Crippen molar-refractivity contribution in [2.75, 3.05) is 30.9 Å². The lowest BCUT2D eigenvalue weighted by molar-refractivity contribution is 0.0580. The van der Waals surface area contributed by atoms with Crippen LogP contribution in [-0.2, 0) is 4.74 Å². The molecule has 10 heteroatoms. The van der Waals surface area contributed by atoms with Crippen LogP contribution in [0.4, 0.5) is 17.3 Å². The number of hydrogen-bond acceptors (Lipinski definition) is 8. The molecule has 2 fully saturated rings. The average Bonchev–Trinajstić information content (AvgIpc) is 3.27. The van der Waals surface area contributed by atoms with E-state index < -0.39 is 0 Å². The van der Waals surface area contributed by atoms with Gasteiger partial charge in [-0.1, -0.05) is 6.58 Å². The summed E-state index contributed by atoms with van der Waals surface area (Å²) >= 11 is 0. The predicted octanol–water partition coefficient (Wildman–Crippen LogP) is 2.11. The Morgan fingerprint density at radius 2 is 2.21 bits per heavy atom. The van der Waals surface area contributed by atoms with E-state index in [0.717, 1.165) is 37.9 Å². The summed E-state index contributed by atoms with van der Waals surface area (Å²) in [6.07, 6.45) is 6.69. The van der Waals surface area contributed by atoms with E-state index in [-0.39, 0.29) is 23.7 Å². The van der Waals surface area contributed by atoms with Crippen LogP contribution >= 0.6 is 0 Å². The van der Waals surface area contributed by atoms with E-state index in [2.05, 4.69) is 27.6 Å². The van der Waals surface area contributed by atoms with Crippen molar-refractivity contribution in [2.45, 2.75) is 43.9 Å². The normalized spacial score (nSPS) is 22.5. The highest BCUT2D eigenvalue weighted by Gasteiger charge is 2.29. The minimum atomic E-state index is -0.364. The van der Waals surface area contributed by atoms with Crippen molar-refractivity contribution < 1.29 is 9.84 Å². The second-order valence-corrected chi connectivity index (χ2v) is 8.57. The van der Waals surface area contributed by atoms with Crippen LogP contribution in [0.1, 0.15) is 37.3 Å². The van der Waals surface area contributed by atoms with Crippen LogP contribution in [0.5, 0.6) is 0 Å². The van der Waals surface area contributed by atoms with Gasteiger partial charge in [-0.3, -0.25) is 4.79 Å². The molecule has 33 heavy (non-hydrogen) atoms. The molecule has 0 bridgehead atoms. The van der Waals surface area contributed by atoms with Gasteiger partial charge in [0.05, 0.1) is 36.6 Å². The molecule has 1 aliphatic heterocycles. The number of hydrogen-bond donors (Lipinski definition) is 4. The lowest BCUT2D eigenvalue weighted by atomic mass is 9.89. The molecule has 3 aromatic rings. The fraction of sp³-hybridized carbons (Fsp3) is 0.435. The first kappa shape index (κ1) is 21.5. The molecule has 1 saturated carbocycles. The van der Waals surface area contributed by atoms with Crippen LogP contribution in [0.15, 0.2) is 42.0 Å². The van der Waals surface area contributed by atoms with Gasteiger partial charge in [0.15, 0.2) is 5.65 Å². The summed E-state index contributed by atoms with van der Waals surface area (Å²) in [7, 11) is 1.80. The van der Waals surface area contributed by atoms with Gasteiger partial charge in [0.1, 0.15) is 17.3 Å². The molecule has 1 aliphatic carbocycles. The van der Waals surface area contributed by atoms with Gasteiger partial charge >= 0.3 is 0 Å². The second kappa shape index (κ2) is 8.87. The molecular weight excluding hydrogens is 422 g/mol. The van der Waals surface area contributed by atoms with Gasteiger partial charge in [-0.15, -0.1) is 0 Å². The Labute approximate surface area is 191 Å². The van der Waals surface area contributed by atoms with Crippen molar-refractivity contribution in [3.05, 3.63) is 53.1 Å². The predicted molar refractivity (Wildman–Crippen MR) is 127 cm³/mol. The molecule has 3 aromatic heterocycles. The van der Waals surface area contributed by atoms with Crippen molar-refractivity contribution in [1.29, 1.82) is 0 Å². The average molecular weight is 452 g/mol. The van der Waals surface area contributed by atoms with Gasteiger partial charge in [0.25, 0.3) is 5.56 Å². The van der Waals surface area contributed by atoms with Crippen LogP contribution in [0, 0.1) is 0 Å². The Bertz CT molecular complexity index is 1230. The number of rotatable bonds is 7. The van der Waals surface area contributed by atoms with Gasteiger partial charge in [0.2, 0.25) is 0 Å². The highest BCUT2D eigenvalue weighted by molar-refractivity contribution is 5.76. The topological polar surface area (TPSA) is 118 Å². The van der Waals surface area contributed by atoms with Crippen LogP contribution in [0.3, 0.4) is 0 Å². The Morgan fingerprint density at radius 1 is 1.33 bits per heavy atom. The molecule has 0 amide bonds. The summed E-state index contributed by atoms with van der Waals surface area (Å²) in [4.78, 5) is 17.9. The number of nitrogens with zero attached hydrogens (tertiary/aromatic N) is 4. The van der Waals surface area contributed by atoms with Crippen LogP contribution in [0.2, 0.25) is 0 Å². The molecule has 3 atom stereocenters. The molecule has 0 radical (unpaired) electrons. The van der Waals surface area contributed by atoms with E-state index in [0.29, 0.717) is 35.3 Å². The quantitative estimate of drug-likeness (QED) is 0.432. The zero-order valence-corrected chi connectivity index (χ0v) is 18.6. The monoisotopic (exact) mass is 451 g/mol. The van der Waals surface area contributed by atoms with E-state index in [1.165, 1.54) is 0 Å². The van der Waals surface area contributed by atoms with Crippen LogP contribution in [0.25, 0.3) is 11.3 Å². The Balaban J connectivity index is 1.46. The van der Waals surface area contributed by atoms with Crippen molar-refractivity contribution in [3.8, 4) is 0 Å². The maximum atomic E-state index is 13.1. The van der Waals surface area contributed by atoms with Crippen molar-refractivity contribution in [3.63, 3.8) is 0 Å². The highest BCUT2D eigenvalue weighted by atomic mass is 16.5. The van der Waals surface area contributed by atoms with E-state index in [1.54, 1.807) is 34.5 Å². The molecule has 4 heterocycles. The van der Waals surface area contributed by atoms with Gasteiger partial charge in [-0.25, -0.2) is 4.98 Å². The Hall–Kier alpha value is -3.37. The largest absolute Gasteiger partial charge is 0.391 e. The summed E-state index contributed by atoms with van der Waals surface area (Å²) in [6, 6.07) is 5.44. The maximum Gasteiger partial charge on any atom is 0.274 e. The summed E-state index contributed by atoms with van der Waals surface area (Å²) in [5.41, 5.74) is 2.31. The third-order valence-corrected chi connectivity index (χ3v) is 6.42. The molecule has 4 N–H and O–H groups in total. The number of anilines is 3. The van der Waals surface area contributed by atoms with E-state index in [1.807, 2.05) is 12.3 Å². The zero-order chi connectivity index (χ0) is 22.9. The third kappa shape index (κ3) is 4.07. The fourth-order valence-electron chi connectivity index (χ4n) is 4.34. The minimum absolute atomic E-state index is 0.0101. The number of aromatic nitrogens is 4. The van der Waals surface area contributed by atoms with Crippen molar-refractivity contribution in [2.24, 2.45) is 0 Å². The van der Waals surface area contributed by atoms with Crippen molar-refractivity contribution >= 4 is 28.7 Å². The van der Waals surface area contributed by atoms with Gasteiger partial charge in [-0.2, -0.15) is 9.61 Å². The standard InChI is InChI=1S/C23H29N7O3/c1-14(26-17-7-8-19(17)31)16-12-25-30-21(24-2)11-20(28-22(16)30)27-18-6-3-9-29(23(18)32)15-5-4-10-33-13-15/h3,6,9,11-12,15,17,19,24,26,31H,1,4-5,7-8,10,13H2,2H3,(H,27,28)/t15-,17-,19+/m0/s1. The van der Waals surface area contributed by atoms with E-state index >= 15 is 0 Å². The molecule has 174 valence electrons. The number of aliphatic hydroxyl groups is 1. The Kier molecular flexibility index (Phi) is 5.77.